The Hall–Kier alpha value is -4.95. The molecule has 0 unspecified atom stereocenters. The zero-order valence-electron chi connectivity index (χ0n) is 32.6. The van der Waals surface area contributed by atoms with Crippen LogP contribution in [0.4, 0.5) is 0 Å². The smallest absolute Gasteiger partial charge is 0.311 e. The number of carbonyl (C=O) groups excluding carboxylic acids is 5. The number of benzene rings is 1. The van der Waals surface area contributed by atoms with Gasteiger partial charge >= 0.3 is 5.97 Å². The Morgan fingerprint density at radius 2 is 0.964 bits per heavy atom. The van der Waals surface area contributed by atoms with E-state index in [2.05, 4.69) is 39.0 Å². The van der Waals surface area contributed by atoms with Gasteiger partial charge in [-0.1, -0.05) is 35.5 Å². The molecule has 0 spiro atoms. The molecule has 0 bridgehead atoms. The van der Waals surface area contributed by atoms with Gasteiger partial charge in [0, 0.05) is 57.3 Å². The summed E-state index contributed by atoms with van der Waals surface area (Å²) >= 11 is 0. The van der Waals surface area contributed by atoms with E-state index in [-0.39, 0.29) is 135 Å². The van der Waals surface area contributed by atoms with Gasteiger partial charge in [0.25, 0.3) is 0 Å². The molecule has 308 valence electrons. The van der Waals surface area contributed by atoms with Crippen molar-refractivity contribution < 1.29 is 52.4 Å². The van der Waals surface area contributed by atoms with Crippen molar-refractivity contribution in [3.8, 4) is 42.8 Å². The number of terminal acetylenes is 3. The molecule has 0 aliphatic heterocycles. The van der Waals surface area contributed by atoms with Gasteiger partial charge in [0.1, 0.15) is 25.6 Å². The molecule has 0 saturated heterocycles. The molecule has 0 aromatic heterocycles. The molecular weight excluding hydrogens is 724 g/mol. The van der Waals surface area contributed by atoms with Crippen LogP contribution < -0.4 is 26.0 Å². The van der Waals surface area contributed by atoms with Crippen molar-refractivity contribution >= 4 is 29.6 Å². The van der Waals surface area contributed by atoms with E-state index in [9.17, 15) is 24.0 Å². The molecule has 4 amide bonds. The van der Waals surface area contributed by atoms with E-state index in [4.69, 9.17) is 47.7 Å². The molecule has 15 nitrogen and oxygen atoms in total. The lowest BCUT2D eigenvalue weighted by Crippen LogP contribution is -2.50. The van der Waals surface area contributed by atoms with E-state index >= 15 is 0 Å². The first-order valence-electron chi connectivity index (χ1n) is 18.7. The minimum atomic E-state index is -1.14. The van der Waals surface area contributed by atoms with Crippen LogP contribution >= 0.6 is 0 Å². The molecule has 0 aliphatic carbocycles. The second kappa shape index (κ2) is 32.3. The second-order valence-electron chi connectivity index (χ2n) is 12.5. The Balaban J connectivity index is 2.97. The molecule has 15 heteroatoms. The lowest BCUT2D eigenvalue weighted by molar-refractivity contribution is -0.135. The average molecular weight is 783 g/mol. The Morgan fingerprint density at radius 3 is 1.41 bits per heavy atom. The van der Waals surface area contributed by atoms with Gasteiger partial charge in [-0.05, 0) is 44.7 Å². The number of ether oxygens (including phenoxy) is 6. The van der Waals surface area contributed by atoms with Crippen LogP contribution in [0.5, 0.6) is 5.75 Å². The van der Waals surface area contributed by atoms with Crippen LogP contribution in [-0.2, 0) is 47.7 Å². The quantitative estimate of drug-likeness (QED) is 0.0351. The number of carbonyl (C=O) groups is 5. The molecule has 4 N–H and O–H groups in total. The first-order chi connectivity index (χ1) is 27.1. The van der Waals surface area contributed by atoms with Crippen LogP contribution in [0.15, 0.2) is 24.3 Å². The van der Waals surface area contributed by atoms with E-state index in [1.165, 1.54) is 0 Å². The molecule has 0 atom stereocenters. The molecule has 0 heterocycles. The monoisotopic (exact) mass is 782 g/mol. The molecule has 0 radical (unpaired) electrons. The van der Waals surface area contributed by atoms with Gasteiger partial charge in [0.2, 0.25) is 23.6 Å². The fourth-order valence-electron chi connectivity index (χ4n) is 5.05. The van der Waals surface area contributed by atoms with Crippen LogP contribution in [0.3, 0.4) is 0 Å². The van der Waals surface area contributed by atoms with Crippen LogP contribution in [0.25, 0.3) is 0 Å². The Bertz CT molecular complexity index is 1380. The Morgan fingerprint density at radius 1 is 0.554 bits per heavy atom. The van der Waals surface area contributed by atoms with Gasteiger partial charge in [0.15, 0.2) is 0 Å². The van der Waals surface area contributed by atoms with Gasteiger partial charge in [-0.3, -0.25) is 24.0 Å². The summed E-state index contributed by atoms with van der Waals surface area (Å²) in [6, 6.07) is 7.03. The van der Waals surface area contributed by atoms with E-state index < -0.39 is 17.4 Å². The van der Waals surface area contributed by atoms with Crippen molar-refractivity contribution in [3.05, 3.63) is 29.8 Å². The molecule has 1 rings (SSSR count). The molecule has 56 heavy (non-hydrogen) atoms. The third-order valence-corrected chi connectivity index (χ3v) is 7.94. The van der Waals surface area contributed by atoms with Gasteiger partial charge in [-0.2, -0.15) is 0 Å². The highest BCUT2D eigenvalue weighted by atomic mass is 16.5. The summed E-state index contributed by atoms with van der Waals surface area (Å²) in [5, 5.41) is 11.4. The normalized spacial score (nSPS) is 10.7. The summed E-state index contributed by atoms with van der Waals surface area (Å²) in [5.41, 5.74) is -0.118. The lowest BCUT2D eigenvalue weighted by atomic mass is 9.83. The standard InChI is InChI=1S/C41H58N4O11/c1-5-24-51-27-21-42-36(46)15-18-41(19-16-37(47)43-22-28-54-32-30-52-25-6-2,20-17-38(48)44-23-29-55-33-31-53-26-7-3)45-39(49)9-8-10-40(50)56-35-13-11-34(4)12-14-35/h1-3,11-14H,8-10,15-33H2,4H3,(H,42,46)(H,43,47)(H,44,48)(H,45,49). The molecule has 0 saturated carbocycles. The molecule has 1 aromatic rings. The highest BCUT2D eigenvalue weighted by Crippen LogP contribution is 2.27. The van der Waals surface area contributed by atoms with Crippen molar-refractivity contribution in [2.45, 2.75) is 70.3 Å². The minimum absolute atomic E-state index is 0.0144. The molecule has 0 aliphatic rings. The van der Waals surface area contributed by atoms with Crippen molar-refractivity contribution in [2.75, 3.05) is 85.7 Å². The van der Waals surface area contributed by atoms with Crippen molar-refractivity contribution in [2.24, 2.45) is 0 Å². The van der Waals surface area contributed by atoms with Crippen molar-refractivity contribution in [1.29, 1.82) is 0 Å². The van der Waals surface area contributed by atoms with Crippen molar-refractivity contribution in [3.63, 3.8) is 0 Å². The Kier molecular flexibility index (Phi) is 28.3. The van der Waals surface area contributed by atoms with Crippen LogP contribution in [0, 0.1) is 44.0 Å². The Labute approximate surface area is 331 Å². The highest BCUT2D eigenvalue weighted by Gasteiger charge is 2.33. The zero-order chi connectivity index (χ0) is 41.1. The first kappa shape index (κ1) is 49.1. The number of nitrogens with one attached hydrogen (secondary N) is 4. The maximum absolute atomic E-state index is 13.4. The topological polar surface area (TPSA) is 189 Å². The SMILES string of the molecule is C#CCOCCNC(=O)CCC(CCC(=O)NCCOCCOCC#C)(CCC(=O)NCCOCCOCC#C)NC(=O)CCCC(=O)Oc1ccc(C)cc1. The summed E-state index contributed by atoms with van der Waals surface area (Å²) in [6.07, 6.45) is 15.9. The number of esters is 1. The third-order valence-electron chi connectivity index (χ3n) is 7.94. The van der Waals surface area contributed by atoms with Gasteiger partial charge < -0.3 is 49.7 Å². The predicted molar refractivity (Wildman–Crippen MR) is 209 cm³/mol. The van der Waals surface area contributed by atoms with Crippen LogP contribution in [0.2, 0.25) is 0 Å². The third kappa shape index (κ3) is 26.8. The maximum Gasteiger partial charge on any atom is 0.311 e. The van der Waals surface area contributed by atoms with Crippen LogP contribution in [0.1, 0.15) is 63.4 Å². The highest BCUT2D eigenvalue weighted by molar-refractivity contribution is 5.80. The first-order valence-corrected chi connectivity index (χ1v) is 18.7. The van der Waals surface area contributed by atoms with Gasteiger partial charge in [-0.15, -0.1) is 19.3 Å². The average Bonchev–Trinajstić information content (AvgIpc) is 3.18. The summed E-state index contributed by atoms with van der Waals surface area (Å²) in [5.74, 6) is 5.67. The molecule has 1 aromatic carbocycles. The fraction of sp³-hybridized carbons (Fsp3) is 0.585. The van der Waals surface area contributed by atoms with Crippen LogP contribution in [-0.4, -0.2) is 121 Å². The summed E-state index contributed by atoms with van der Waals surface area (Å²) < 4.78 is 31.8. The van der Waals surface area contributed by atoms with E-state index in [0.29, 0.717) is 32.2 Å². The van der Waals surface area contributed by atoms with Crippen molar-refractivity contribution in [1.82, 2.24) is 21.3 Å². The summed E-state index contributed by atoms with van der Waals surface area (Å²) in [4.78, 5) is 64.7. The number of amides is 4. The number of aryl methyl sites for hydroxylation is 1. The summed E-state index contributed by atoms with van der Waals surface area (Å²) in [6.45, 7) is 5.04. The van der Waals surface area contributed by atoms with E-state index in [0.717, 1.165) is 5.56 Å². The number of hydrogen-bond donors (Lipinski definition) is 4. The number of hydrogen-bond acceptors (Lipinski definition) is 11. The minimum Gasteiger partial charge on any atom is -0.427 e. The predicted octanol–water partition coefficient (Wildman–Crippen LogP) is 1.60. The van der Waals surface area contributed by atoms with Gasteiger partial charge in [0.05, 0.1) is 46.2 Å². The lowest BCUT2D eigenvalue weighted by Gasteiger charge is -2.35. The number of rotatable bonds is 33. The second-order valence-corrected chi connectivity index (χ2v) is 12.5. The maximum atomic E-state index is 13.4. The fourth-order valence-corrected chi connectivity index (χ4v) is 5.05. The van der Waals surface area contributed by atoms with E-state index in [1.54, 1.807) is 12.1 Å². The van der Waals surface area contributed by atoms with E-state index in [1.807, 2.05) is 19.1 Å². The van der Waals surface area contributed by atoms with Gasteiger partial charge in [-0.25, -0.2) is 0 Å². The molecular formula is C41H58N4O11. The molecule has 0 fully saturated rings. The largest absolute Gasteiger partial charge is 0.427 e. The zero-order valence-corrected chi connectivity index (χ0v) is 32.6. The summed E-state index contributed by atoms with van der Waals surface area (Å²) in [7, 11) is 0.